The second kappa shape index (κ2) is 5.07. The maximum Gasteiger partial charge on any atom is 0.328 e. The normalized spacial score (nSPS) is 11.2. The molecule has 0 amide bonds. The summed E-state index contributed by atoms with van der Waals surface area (Å²) in [5.41, 5.74) is 2.32. The van der Waals surface area contributed by atoms with E-state index in [1.165, 1.54) is 6.08 Å². The Morgan fingerprint density at radius 1 is 1.06 bits per heavy atom. The third-order valence-corrected chi connectivity index (χ3v) is 2.33. The van der Waals surface area contributed by atoms with Gasteiger partial charge in [-0.25, -0.2) is 4.79 Å². The number of hydrogen-bond donors (Lipinski definition) is 1. The summed E-state index contributed by atoms with van der Waals surface area (Å²) in [5, 5.41) is 8.91. The first-order valence-corrected chi connectivity index (χ1v) is 5.18. The number of hydrogen-bond acceptors (Lipinski definition) is 2. The summed E-state index contributed by atoms with van der Waals surface area (Å²) in [5.74, 6) is -0.965. The minimum absolute atomic E-state index is 0.659. The Balaban J connectivity index is 2.51. The van der Waals surface area contributed by atoms with Gasteiger partial charge in [0.15, 0.2) is 0 Å². The van der Waals surface area contributed by atoms with Gasteiger partial charge >= 0.3 is 5.97 Å². The van der Waals surface area contributed by atoms with Crippen molar-refractivity contribution in [2.75, 3.05) is 0 Å². The lowest BCUT2D eigenvalue weighted by Gasteiger charge is -2.06. The molecule has 1 heterocycles. The van der Waals surface area contributed by atoms with Crippen LogP contribution in [0.3, 0.4) is 0 Å². The molecule has 0 saturated heterocycles. The van der Waals surface area contributed by atoms with Crippen molar-refractivity contribution in [1.29, 1.82) is 0 Å². The van der Waals surface area contributed by atoms with Crippen LogP contribution in [0, 0.1) is 0 Å². The van der Waals surface area contributed by atoms with Crippen molar-refractivity contribution < 1.29 is 9.90 Å². The lowest BCUT2D eigenvalue weighted by Crippen LogP contribution is -1.94. The van der Waals surface area contributed by atoms with Crippen LogP contribution in [-0.2, 0) is 4.79 Å². The van der Waals surface area contributed by atoms with Crippen LogP contribution >= 0.6 is 0 Å². The van der Waals surface area contributed by atoms with E-state index in [9.17, 15) is 4.79 Å². The molecule has 17 heavy (non-hydrogen) atoms. The van der Waals surface area contributed by atoms with Crippen molar-refractivity contribution in [3.63, 3.8) is 0 Å². The summed E-state index contributed by atoms with van der Waals surface area (Å²) < 4.78 is 0. The molecule has 2 aromatic rings. The SMILES string of the molecule is O=C(O)C=C(c1ccccc1)c1cccnc1. The van der Waals surface area contributed by atoms with Crippen molar-refractivity contribution in [3.05, 3.63) is 72.1 Å². The Morgan fingerprint density at radius 2 is 1.76 bits per heavy atom. The minimum Gasteiger partial charge on any atom is -0.478 e. The first-order valence-electron chi connectivity index (χ1n) is 5.18. The van der Waals surface area contributed by atoms with E-state index < -0.39 is 5.97 Å². The molecule has 1 N–H and O–H groups in total. The van der Waals surface area contributed by atoms with Crippen molar-refractivity contribution >= 4 is 11.5 Å². The highest BCUT2D eigenvalue weighted by Gasteiger charge is 2.06. The van der Waals surface area contributed by atoms with Crippen molar-refractivity contribution in [1.82, 2.24) is 4.98 Å². The molecule has 0 aliphatic rings. The van der Waals surface area contributed by atoms with E-state index in [0.29, 0.717) is 5.57 Å². The molecule has 0 spiro atoms. The highest BCUT2D eigenvalue weighted by Crippen LogP contribution is 2.22. The monoisotopic (exact) mass is 225 g/mol. The summed E-state index contributed by atoms with van der Waals surface area (Å²) in [6.45, 7) is 0. The number of aromatic nitrogens is 1. The number of carboxylic acid groups (broad SMARTS) is 1. The lowest BCUT2D eigenvalue weighted by atomic mass is 9.99. The molecular formula is C14H11NO2. The quantitative estimate of drug-likeness (QED) is 0.817. The molecule has 0 aliphatic carbocycles. The molecule has 0 atom stereocenters. The molecule has 3 nitrogen and oxygen atoms in total. The molecule has 0 bridgehead atoms. The number of nitrogens with zero attached hydrogens (tertiary/aromatic N) is 1. The van der Waals surface area contributed by atoms with Gasteiger partial charge in [-0.2, -0.15) is 0 Å². The summed E-state index contributed by atoms with van der Waals surface area (Å²) >= 11 is 0. The molecule has 1 aromatic heterocycles. The van der Waals surface area contributed by atoms with Gasteiger partial charge in [0.2, 0.25) is 0 Å². The molecule has 2 rings (SSSR count). The Hall–Kier alpha value is -2.42. The zero-order valence-electron chi connectivity index (χ0n) is 9.08. The van der Waals surface area contributed by atoms with Gasteiger partial charge in [0.25, 0.3) is 0 Å². The number of pyridine rings is 1. The molecule has 0 unspecified atom stereocenters. The fourth-order valence-corrected chi connectivity index (χ4v) is 1.60. The van der Waals surface area contributed by atoms with E-state index in [2.05, 4.69) is 4.98 Å². The van der Waals surface area contributed by atoms with Crippen molar-refractivity contribution in [2.24, 2.45) is 0 Å². The zero-order chi connectivity index (χ0) is 12.1. The lowest BCUT2D eigenvalue weighted by molar-refractivity contribution is -0.131. The van der Waals surface area contributed by atoms with Gasteiger partial charge in [0, 0.05) is 24.0 Å². The summed E-state index contributed by atoms with van der Waals surface area (Å²) in [7, 11) is 0. The van der Waals surface area contributed by atoms with Gasteiger partial charge < -0.3 is 5.11 Å². The van der Waals surface area contributed by atoms with Crippen LogP contribution in [-0.4, -0.2) is 16.1 Å². The van der Waals surface area contributed by atoms with Crippen LogP contribution in [0.2, 0.25) is 0 Å². The maximum absolute atomic E-state index is 10.9. The number of aliphatic carboxylic acids is 1. The first kappa shape index (κ1) is 11.1. The highest BCUT2D eigenvalue weighted by atomic mass is 16.4. The van der Waals surface area contributed by atoms with Crippen LogP contribution in [0.1, 0.15) is 11.1 Å². The molecule has 0 aliphatic heterocycles. The fourth-order valence-electron chi connectivity index (χ4n) is 1.60. The van der Waals surface area contributed by atoms with E-state index in [1.54, 1.807) is 18.5 Å². The second-order valence-electron chi connectivity index (χ2n) is 3.50. The standard InChI is InChI=1S/C14H11NO2/c16-14(17)9-13(11-5-2-1-3-6-11)12-7-4-8-15-10-12/h1-10H,(H,16,17). The Labute approximate surface area is 99.1 Å². The second-order valence-corrected chi connectivity index (χ2v) is 3.50. The Bertz CT molecular complexity index is 491. The molecule has 1 aromatic carbocycles. The molecule has 0 fully saturated rings. The third-order valence-electron chi connectivity index (χ3n) is 2.33. The van der Waals surface area contributed by atoms with E-state index in [0.717, 1.165) is 11.1 Å². The minimum atomic E-state index is -0.965. The first-order chi connectivity index (χ1) is 8.27. The summed E-state index contributed by atoms with van der Waals surface area (Å²) in [6.07, 6.45) is 4.51. The van der Waals surface area contributed by atoms with Crippen LogP contribution in [0.5, 0.6) is 0 Å². The largest absolute Gasteiger partial charge is 0.478 e. The van der Waals surface area contributed by atoms with Gasteiger partial charge in [-0.05, 0) is 17.2 Å². The predicted octanol–water partition coefficient (Wildman–Crippen LogP) is 2.60. The van der Waals surface area contributed by atoms with Crippen LogP contribution in [0.4, 0.5) is 0 Å². The van der Waals surface area contributed by atoms with Gasteiger partial charge in [-0.3, -0.25) is 4.98 Å². The van der Waals surface area contributed by atoms with E-state index in [-0.39, 0.29) is 0 Å². The van der Waals surface area contributed by atoms with E-state index in [4.69, 9.17) is 5.11 Å². The molecule has 0 radical (unpaired) electrons. The predicted molar refractivity (Wildman–Crippen MR) is 65.4 cm³/mol. The van der Waals surface area contributed by atoms with Crippen LogP contribution in [0.25, 0.3) is 5.57 Å². The zero-order valence-corrected chi connectivity index (χ0v) is 9.08. The number of carboxylic acids is 1. The molecular weight excluding hydrogens is 214 g/mol. The highest BCUT2D eigenvalue weighted by molar-refractivity contribution is 5.95. The smallest absolute Gasteiger partial charge is 0.328 e. The third kappa shape index (κ3) is 2.78. The average Bonchev–Trinajstić information content (AvgIpc) is 2.38. The van der Waals surface area contributed by atoms with Gasteiger partial charge in [-0.1, -0.05) is 36.4 Å². The van der Waals surface area contributed by atoms with Gasteiger partial charge in [0.1, 0.15) is 0 Å². The van der Waals surface area contributed by atoms with Gasteiger partial charge in [0.05, 0.1) is 0 Å². The van der Waals surface area contributed by atoms with E-state index >= 15 is 0 Å². The summed E-state index contributed by atoms with van der Waals surface area (Å²) in [6, 6.07) is 13.0. The van der Waals surface area contributed by atoms with E-state index in [1.807, 2.05) is 36.4 Å². The van der Waals surface area contributed by atoms with Crippen LogP contribution < -0.4 is 0 Å². The molecule has 0 saturated carbocycles. The number of rotatable bonds is 3. The Morgan fingerprint density at radius 3 is 2.35 bits per heavy atom. The number of carbonyl (C=O) groups is 1. The maximum atomic E-state index is 10.9. The topological polar surface area (TPSA) is 50.2 Å². The number of benzene rings is 1. The Kier molecular flexibility index (Phi) is 3.31. The molecule has 84 valence electrons. The average molecular weight is 225 g/mol. The van der Waals surface area contributed by atoms with Crippen LogP contribution in [0.15, 0.2) is 60.9 Å². The van der Waals surface area contributed by atoms with Crippen molar-refractivity contribution in [2.45, 2.75) is 0 Å². The van der Waals surface area contributed by atoms with Gasteiger partial charge in [-0.15, -0.1) is 0 Å². The van der Waals surface area contributed by atoms with Crippen molar-refractivity contribution in [3.8, 4) is 0 Å². The fraction of sp³-hybridized carbons (Fsp3) is 0. The summed E-state index contributed by atoms with van der Waals surface area (Å²) in [4.78, 5) is 14.9. The molecule has 3 heteroatoms.